The predicted octanol–water partition coefficient (Wildman–Crippen LogP) is 4.69. The molecule has 0 saturated heterocycles. The van der Waals surface area contributed by atoms with E-state index < -0.39 is 0 Å². The average Bonchev–Trinajstić information content (AvgIpc) is 3.44. The van der Waals surface area contributed by atoms with E-state index in [-0.39, 0.29) is 12.7 Å². The number of amides is 1. The van der Waals surface area contributed by atoms with Gasteiger partial charge in [-0.15, -0.1) is 5.10 Å². The molecular weight excluding hydrogens is 477 g/mol. The normalized spacial score (nSPS) is 12.4. The second kappa shape index (κ2) is 9.12. The lowest BCUT2D eigenvalue weighted by atomic mass is 10.1. The molecule has 0 saturated carbocycles. The summed E-state index contributed by atoms with van der Waals surface area (Å²) >= 11 is 12.3. The van der Waals surface area contributed by atoms with E-state index in [1.54, 1.807) is 22.7 Å². The topological polar surface area (TPSA) is 90.6 Å². The van der Waals surface area contributed by atoms with Crippen molar-refractivity contribution in [1.29, 1.82) is 0 Å². The van der Waals surface area contributed by atoms with Gasteiger partial charge < -0.3 is 14.8 Å². The molecule has 8 nitrogen and oxygen atoms in total. The van der Waals surface area contributed by atoms with E-state index in [9.17, 15) is 4.79 Å². The molecule has 0 radical (unpaired) electrons. The van der Waals surface area contributed by atoms with Crippen LogP contribution < -0.4 is 14.8 Å². The van der Waals surface area contributed by atoms with Gasteiger partial charge in [0.15, 0.2) is 17.3 Å². The Kier molecular flexibility index (Phi) is 6.02. The van der Waals surface area contributed by atoms with Gasteiger partial charge in [-0.05, 0) is 61.7 Å². The fourth-order valence-corrected chi connectivity index (χ4v) is 4.43. The first-order chi connectivity index (χ1) is 16.4. The molecule has 2 aromatic carbocycles. The van der Waals surface area contributed by atoms with Crippen molar-refractivity contribution < 1.29 is 14.3 Å². The quantitative estimate of drug-likeness (QED) is 0.415. The van der Waals surface area contributed by atoms with Crippen LogP contribution in [0.5, 0.6) is 11.5 Å². The van der Waals surface area contributed by atoms with Gasteiger partial charge in [0.2, 0.25) is 12.7 Å². The number of fused-ring (bicyclic) bond motifs is 2. The van der Waals surface area contributed by atoms with Crippen molar-refractivity contribution in [3.05, 3.63) is 69.0 Å². The molecule has 1 amide bonds. The summed E-state index contributed by atoms with van der Waals surface area (Å²) in [5, 5.41) is 8.57. The van der Waals surface area contributed by atoms with Crippen molar-refractivity contribution in [2.24, 2.45) is 0 Å². The van der Waals surface area contributed by atoms with Crippen molar-refractivity contribution in [1.82, 2.24) is 24.9 Å². The third kappa shape index (κ3) is 4.38. The molecule has 0 spiro atoms. The SMILES string of the molecule is Cc1nc2nc(-c3ccc(Cl)cc3Cl)nn2c(C)c1CCC(=O)NCc1ccc2c(c1)OCO2. The van der Waals surface area contributed by atoms with Crippen LogP contribution in [0.2, 0.25) is 10.0 Å². The average molecular weight is 498 g/mol. The number of nitrogens with one attached hydrogen (secondary N) is 1. The van der Waals surface area contributed by atoms with Gasteiger partial charge in [-0.1, -0.05) is 29.3 Å². The first-order valence-electron chi connectivity index (χ1n) is 10.7. The van der Waals surface area contributed by atoms with Crippen molar-refractivity contribution in [2.45, 2.75) is 33.2 Å². The lowest BCUT2D eigenvalue weighted by Gasteiger charge is -2.11. The van der Waals surface area contributed by atoms with E-state index in [1.165, 1.54) is 0 Å². The standard InChI is InChI=1S/C24H21Cl2N5O3/c1-13-17(6-8-22(32)27-11-15-3-7-20-21(9-15)34-12-33-20)14(2)31-24(28-13)29-23(30-31)18-5-4-16(25)10-19(18)26/h3-5,7,9-10H,6,8,11-12H2,1-2H3,(H,27,32). The molecular formula is C24H21Cl2N5O3. The number of aromatic nitrogens is 4. The van der Waals surface area contributed by atoms with Crippen LogP contribution in [-0.4, -0.2) is 32.3 Å². The van der Waals surface area contributed by atoms with Gasteiger partial charge >= 0.3 is 0 Å². The molecule has 0 fully saturated rings. The second-order valence-corrected chi connectivity index (χ2v) is 8.84. The van der Waals surface area contributed by atoms with Crippen LogP contribution in [-0.2, 0) is 17.8 Å². The number of aryl methyl sites for hydroxylation is 2. The molecule has 34 heavy (non-hydrogen) atoms. The molecule has 1 aliphatic rings. The van der Waals surface area contributed by atoms with E-state index in [0.717, 1.165) is 28.3 Å². The van der Waals surface area contributed by atoms with Crippen molar-refractivity contribution in [3.8, 4) is 22.9 Å². The number of carbonyl (C=O) groups excluding carboxylic acids is 1. The van der Waals surface area contributed by atoms with E-state index >= 15 is 0 Å². The molecule has 174 valence electrons. The Morgan fingerprint density at radius 2 is 1.91 bits per heavy atom. The first-order valence-corrected chi connectivity index (χ1v) is 11.5. The van der Waals surface area contributed by atoms with Crippen molar-refractivity contribution in [2.75, 3.05) is 6.79 Å². The molecule has 3 heterocycles. The van der Waals surface area contributed by atoms with Crippen LogP contribution in [0.4, 0.5) is 0 Å². The highest BCUT2D eigenvalue weighted by Gasteiger charge is 2.17. The zero-order valence-corrected chi connectivity index (χ0v) is 20.1. The number of benzene rings is 2. The third-order valence-electron chi connectivity index (χ3n) is 5.75. The number of nitrogens with zero attached hydrogens (tertiary/aromatic N) is 4. The molecule has 0 atom stereocenters. The number of halogens is 2. The molecule has 10 heteroatoms. The minimum absolute atomic E-state index is 0.0520. The Morgan fingerprint density at radius 3 is 2.74 bits per heavy atom. The number of hydrogen-bond donors (Lipinski definition) is 1. The summed E-state index contributed by atoms with van der Waals surface area (Å²) in [7, 11) is 0. The summed E-state index contributed by atoms with van der Waals surface area (Å²) in [6, 6.07) is 10.8. The Morgan fingerprint density at radius 1 is 1.09 bits per heavy atom. The van der Waals surface area contributed by atoms with E-state index in [2.05, 4.69) is 20.4 Å². The monoisotopic (exact) mass is 497 g/mol. The van der Waals surface area contributed by atoms with Gasteiger partial charge in [0.05, 0.1) is 5.02 Å². The molecule has 1 aliphatic heterocycles. The van der Waals surface area contributed by atoms with Crippen molar-refractivity contribution in [3.63, 3.8) is 0 Å². The Bertz CT molecular complexity index is 1420. The van der Waals surface area contributed by atoms with E-state index in [0.29, 0.717) is 52.3 Å². The van der Waals surface area contributed by atoms with Gasteiger partial charge in [-0.3, -0.25) is 4.79 Å². The molecule has 0 unspecified atom stereocenters. The molecule has 2 aromatic heterocycles. The van der Waals surface area contributed by atoms with Crippen molar-refractivity contribution >= 4 is 34.9 Å². The molecule has 0 bridgehead atoms. The Hall–Kier alpha value is -3.36. The maximum atomic E-state index is 12.5. The Balaban J connectivity index is 1.29. The highest BCUT2D eigenvalue weighted by molar-refractivity contribution is 6.36. The lowest BCUT2D eigenvalue weighted by molar-refractivity contribution is -0.121. The third-order valence-corrected chi connectivity index (χ3v) is 6.30. The second-order valence-electron chi connectivity index (χ2n) is 8.00. The maximum Gasteiger partial charge on any atom is 0.253 e. The predicted molar refractivity (Wildman–Crippen MR) is 128 cm³/mol. The zero-order chi connectivity index (χ0) is 23.8. The summed E-state index contributed by atoms with van der Waals surface area (Å²) in [5.41, 5.74) is 4.29. The zero-order valence-electron chi connectivity index (χ0n) is 18.6. The summed E-state index contributed by atoms with van der Waals surface area (Å²) in [6.07, 6.45) is 0.856. The number of carbonyl (C=O) groups is 1. The fraction of sp³-hybridized carbons (Fsp3) is 0.250. The Labute approximate surface area is 205 Å². The molecule has 5 rings (SSSR count). The van der Waals surface area contributed by atoms with Gasteiger partial charge in [-0.25, -0.2) is 9.50 Å². The number of hydrogen-bond acceptors (Lipinski definition) is 6. The van der Waals surface area contributed by atoms with Crippen LogP contribution in [0.1, 0.15) is 28.9 Å². The molecule has 4 aromatic rings. The first kappa shape index (κ1) is 22.4. The van der Waals surface area contributed by atoms with Gasteiger partial charge in [0.25, 0.3) is 5.78 Å². The summed E-state index contributed by atoms with van der Waals surface area (Å²) in [5.74, 6) is 2.31. The highest BCUT2D eigenvalue weighted by atomic mass is 35.5. The van der Waals surface area contributed by atoms with Crippen LogP contribution in [0.3, 0.4) is 0 Å². The van der Waals surface area contributed by atoms with Crippen LogP contribution in [0, 0.1) is 13.8 Å². The number of ether oxygens (including phenoxy) is 2. The maximum absolute atomic E-state index is 12.5. The fourth-order valence-electron chi connectivity index (χ4n) is 3.93. The van der Waals surface area contributed by atoms with Crippen LogP contribution in [0.25, 0.3) is 17.2 Å². The lowest BCUT2D eigenvalue weighted by Crippen LogP contribution is -2.23. The minimum atomic E-state index is -0.0520. The largest absolute Gasteiger partial charge is 0.454 e. The van der Waals surface area contributed by atoms with E-state index in [1.807, 2.05) is 32.0 Å². The van der Waals surface area contributed by atoms with Crippen LogP contribution >= 0.6 is 23.2 Å². The molecule has 1 N–H and O–H groups in total. The summed E-state index contributed by atoms with van der Waals surface area (Å²) < 4.78 is 12.4. The minimum Gasteiger partial charge on any atom is -0.454 e. The molecule has 0 aliphatic carbocycles. The van der Waals surface area contributed by atoms with Crippen LogP contribution in [0.15, 0.2) is 36.4 Å². The van der Waals surface area contributed by atoms with E-state index in [4.69, 9.17) is 32.7 Å². The number of rotatable bonds is 6. The van der Waals surface area contributed by atoms with Gasteiger partial charge in [0.1, 0.15) is 0 Å². The summed E-state index contributed by atoms with van der Waals surface area (Å²) in [6.45, 7) is 4.50. The highest BCUT2D eigenvalue weighted by Crippen LogP contribution is 2.32. The van der Waals surface area contributed by atoms with Gasteiger partial charge in [-0.2, -0.15) is 4.98 Å². The smallest absolute Gasteiger partial charge is 0.253 e. The summed E-state index contributed by atoms with van der Waals surface area (Å²) in [4.78, 5) is 21.6. The van der Waals surface area contributed by atoms with Gasteiger partial charge in [0, 0.05) is 34.9 Å².